The molecule has 1 nitrogen and oxygen atoms in total. The lowest BCUT2D eigenvalue weighted by Crippen LogP contribution is -2.46. The predicted molar refractivity (Wildman–Crippen MR) is 79.4 cm³/mol. The fourth-order valence-electron chi connectivity index (χ4n) is 2.88. The third-order valence-electron chi connectivity index (χ3n) is 4.53. The minimum atomic E-state index is -0.680. The third kappa shape index (κ3) is 5.56. The van der Waals surface area contributed by atoms with Crippen molar-refractivity contribution in [2.45, 2.75) is 89.5 Å². The van der Waals surface area contributed by atoms with E-state index in [0.29, 0.717) is 5.22 Å². The van der Waals surface area contributed by atoms with Gasteiger partial charge in [-0.1, -0.05) is 58.0 Å². The largest absolute Gasteiger partial charge is 0.379 e. The van der Waals surface area contributed by atoms with Gasteiger partial charge in [0.1, 0.15) is 0 Å². The van der Waals surface area contributed by atoms with Crippen LogP contribution >= 0.6 is 0 Å². The van der Waals surface area contributed by atoms with Crippen molar-refractivity contribution < 1.29 is 4.74 Å². The fraction of sp³-hybridized carbons (Fsp3) is 1.00. The summed E-state index contributed by atoms with van der Waals surface area (Å²) in [4.78, 5) is 0. The van der Waals surface area contributed by atoms with Gasteiger partial charge in [0.25, 0.3) is 0 Å². The Morgan fingerprint density at radius 1 is 1.06 bits per heavy atom. The van der Waals surface area contributed by atoms with Crippen molar-refractivity contribution >= 4 is 8.80 Å². The van der Waals surface area contributed by atoms with Crippen LogP contribution in [0.2, 0.25) is 12.6 Å². The normalized spacial score (nSPS) is 27.0. The summed E-state index contributed by atoms with van der Waals surface area (Å²) in [5.74, 6) is 0. The second-order valence-corrected chi connectivity index (χ2v) is 9.68. The Balaban J connectivity index is 2.09. The van der Waals surface area contributed by atoms with Gasteiger partial charge in [0.2, 0.25) is 0 Å². The summed E-state index contributed by atoms with van der Waals surface area (Å²) < 4.78 is 6.08. The highest BCUT2D eigenvalue weighted by Crippen LogP contribution is 2.29. The number of hydrogen-bond acceptors (Lipinski definition) is 1. The van der Waals surface area contributed by atoms with Crippen molar-refractivity contribution in [2.24, 2.45) is 0 Å². The Morgan fingerprint density at radius 3 is 2.41 bits per heavy atom. The highest BCUT2D eigenvalue weighted by molar-refractivity contribution is 6.60. The fourth-order valence-corrected chi connectivity index (χ4v) is 5.49. The van der Waals surface area contributed by atoms with Crippen LogP contribution < -0.4 is 0 Å². The van der Waals surface area contributed by atoms with E-state index in [0.717, 1.165) is 6.61 Å². The molecule has 2 atom stereocenters. The molecule has 0 N–H and O–H groups in total. The summed E-state index contributed by atoms with van der Waals surface area (Å²) in [6.45, 7) is 8.22. The van der Waals surface area contributed by atoms with Crippen LogP contribution in [0.4, 0.5) is 0 Å². The molecular weight excluding hydrogens is 224 g/mol. The molecule has 0 spiro atoms. The molecule has 2 unspecified atom stereocenters. The van der Waals surface area contributed by atoms with Crippen LogP contribution in [0.25, 0.3) is 0 Å². The summed E-state index contributed by atoms with van der Waals surface area (Å²) >= 11 is 0. The molecule has 1 rings (SSSR count). The van der Waals surface area contributed by atoms with Crippen LogP contribution in [0.15, 0.2) is 0 Å². The maximum absolute atomic E-state index is 6.08. The minimum absolute atomic E-state index is 0.321. The van der Waals surface area contributed by atoms with Gasteiger partial charge >= 0.3 is 0 Å². The predicted octanol–water partition coefficient (Wildman–Crippen LogP) is 4.70. The number of ether oxygens (including phenoxy) is 1. The van der Waals surface area contributed by atoms with Crippen LogP contribution in [0.5, 0.6) is 0 Å². The van der Waals surface area contributed by atoms with Crippen LogP contribution in [0.3, 0.4) is 0 Å². The van der Waals surface area contributed by atoms with E-state index in [4.69, 9.17) is 4.74 Å². The van der Waals surface area contributed by atoms with Crippen LogP contribution in [-0.2, 0) is 4.74 Å². The molecule has 102 valence electrons. The summed E-state index contributed by atoms with van der Waals surface area (Å²) in [5, 5.41) is 0.321. The van der Waals surface area contributed by atoms with Crippen LogP contribution in [0.1, 0.15) is 71.6 Å². The highest BCUT2D eigenvalue weighted by atomic mass is 28.3. The molecule has 1 fully saturated rings. The topological polar surface area (TPSA) is 9.23 Å². The average molecular weight is 257 g/mol. The lowest BCUT2D eigenvalue weighted by Gasteiger charge is -2.38. The van der Waals surface area contributed by atoms with Gasteiger partial charge in [-0.2, -0.15) is 0 Å². The number of hydrogen-bond donors (Lipinski definition) is 0. The molecule has 1 heterocycles. The Bertz CT molecular complexity index is 187. The number of rotatable bonds is 8. The van der Waals surface area contributed by atoms with E-state index in [9.17, 15) is 0 Å². The van der Waals surface area contributed by atoms with E-state index < -0.39 is 8.80 Å². The van der Waals surface area contributed by atoms with Gasteiger partial charge in [0.15, 0.2) is 0 Å². The van der Waals surface area contributed by atoms with Crippen molar-refractivity contribution in [1.82, 2.24) is 0 Å². The van der Waals surface area contributed by atoms with E-state index in [1.165, 1.54) is 63.8 Å². The molecule has 0 aliphatic carbocycles. The first-order valence-electron chi connectivity index (χ1n) is 7.83. The standard InChI is InChI=1S/C15H32OSi/c1-4-5-6-7-8-11-14-17(3)15(2)12-9-10-13-16-15/h17H,4-14H2,1-3H3. The summed E-state index contributed by atoms with van der Waals surface area (Å²) in [5.41, 5.74) is 0. The third-order valence-corrected chi connectivity index (χ3v) is 8.35. The summed E-state index contributed by atoms with van der Waals surface area (Å²) in [7, 11) is -0.680. The number of unbranched alkanes of at least 4 members (excludes halogenated alkanes) is 5. The zero-order valence-corrected chi connectivity index (χ0v) is 13.4. The molecule has 0 bridgehead atoms. The van der Waals surface area contributed by atoms with E-state index in [1.54, 1.807) is 0 Å². The van der Waals surface area contributed by atoms with Gasteiger partial charge in [0.05, 0.1) is 14.0 Å². The lowest BCUT2D eigenvalue weighted by molar-refractivity contribution is -0.0102. The van der Waals surface area contributed by atoms with Crippen molar-refractivity contribution in [3.63, 3.8) is 0 Å². The van der Waals surface area contributed by atoms with Gasteiger partial charge in [-0.25, -0.2) is 0 Å². The first kappa shape index (κ1) is 15.2. The van der Waals surface area contributed by atoms with E-state index in [2.05, 4.69) is 20.4 Å². The monoisotopic (exact) mass is 256 g/mol. The quantitative estimate of drug-likeness (QED) is 0.452. The van der Waals surface area contributed by atoms with E-state index in [-0.39, 0.29) is 0 Å². The SMILES string of the molecule is CCCCCCCC[SiH](C)C1(C)CCCCO1. The average Bonchev–Trinajstić information content (AvgIpc) is 2.34. The van der Waals surface area contributed by atoms with Crippen LogP contribution in [0, 0.1) is 0 Å². The maximum atomic E-state index is 6.08. The molecule has 0 saturated carbocycles. The zero-order valence-electron chi connectivity index (χ0n) is 12.3. The molecule has 0 aromatic carbocycles. The van der Waals surface area contributed by atoms with Crippen molar-refractivity contribution in [3.8, 4) is 0 Å². The minimum Gasteiger partial charge on any atom is -0.379 e. The maximum Gasteiger partial charge on any atom is 0.0722 e. The van der Waals surface area contributed by atoms with E-state index in [1.807, 2.05) is 0 Å². The van der Waals surface area contributed by atoms with Gasteiger partial charge in [-0.05, 0) is 26.2 Å². The highest BCUT2D eigenvalue weighted by Gasteiger charge is 2.34. The lowest BCUT2D eigenvalue weighted by atomic mass is 10.1. The molecular formula is C15H32OSi. The summed E-state index contributed by atoms with van der Waals surface area (Å²) in [6, 6.07) is 1.49. The van der Waals surface area contributed by atoms with Crippen molar-refractivity contribution in [3.05, 3.63) is 0 Å². The molecule has 0 amide bonds. The molecule has 17 heavy (non-hydrogen) atoms. The molecule has 0 radical (unpaired) electrons. The Kier molecular flexibility index (Phi) is 7.45. The van der Waals surface area contributed by atoms with Crippen LogP contribution in [-0.4, -0.2) is 20.6 Å². The zero-order chi connectivity index (χ0) is 12.6. The first-order chi connectivity index (χ1) is 8.19. The molecule has 0 aromatic heterocycles. The van der Waals surface area contributed by atoms with Gasteiger partial charge in [0, 0.05) is 6.61 Å². The van der Waals surface area contributed by atoms with Gasteiger partial charge in [-0.3, -0.25) is 0 Å². The smallest absolute Gasteiger partial charge is 0.0722 e. The second-order valence-electron chi connectivity index (χ2n) is 6.08. The van der Waals surface area contributed by atoms with Gasteiger partial charge < -0.3 is 4.74 Å². The first-order valence-corrected chi connectivity index (χ1v) is 10.4. The Labute approximate surface area is 110 Å². The van der Waals surface area contributed by atoms with Crippen molar-refractivity contribution in [2.75, 3.05) is 6.61 Å². The summed E-state index contributed by atoms with van der Waals surface area (Å²) in [6.07, 6.45) is 12.6. The molecule has 2 heteroatoms. The van der Waals surface area contributed by atoms with Gasteiger partial charge in [-0.15, -0.1) is 0 Å². The molecule has 1 aliphatic rings. The van der Waals surface area contributed by atoms with E-state index >= 15 is 0 Å². The molecule has 0 aromatic rings. The Hall–Kier alpha value is 0.177. The molecule has 1 saturated heterocycles. The second kappa shape index (κ2) is 8.31. The Morgan fingerprint density at radius 2 is 1.76 bits per heavy atom. The molecule has 1 aliphatic heterocycles. The van der Waals surface area contributed by atoms with Crippen molar-refractivity contribution in [1.29, 1.82) is 0 Å².